The molecular formula is C22H26N2O3. The molecule has 1 aliphatic rings. The summed E-state index contributed by atoms with van der Waals surface area (Å²) in [5.74, 6) is 1.49. The van der Waals surface area contributed by atoms with Gasteiger partial charge in [0.15, 0.2) is 6.61 Å². The molecule has 0 bridgehead atoms. The van der Waals surface area contributed by atoms with Gasteiger partial charge in [-0.15, -0.1) is 0 Å². The lowest BCUT2D eigenvalue weighted by atomic mass is 9.83. The van der Waals surface area contributed by atoms with E-state index in [2.05, 4.69) is 10.5 Å². The van der Waals surface area contributed by atoms with Crippen molar-refractivity contribution in [3.63, 3.8) is 0 Å². The molecule has 0 unspecified atom stereocenters. The third-order valence-corrected chi connectivity index (χ3v) is 4.79. The molecule has 0 radical (unpaired) electrons. The maximum atomic E-state index is 12.2. The van der Waals surface area contributed by atoms with E-state index >= 15 is 0 Å². The van der Waals surface area contributed by atoms with E-state index in [9.17, 15) is 4.79 Å². The average molecular weight is 366 g/mol. The predicted molar refractivity (Wildman–Crippen MR) is 106 cm³/mol. The van der Waals surface area contributed by atoms with Crippen LogP contribution in [0, 0.1) is 5.92 Å². The number of hydrogen-bond acceptors (Lipinski definition) is 4. The Bertz CT molecular complexity index is 751. The van der Waals surface area contributed by atoms with Crippen molar-refractivity contribution in [3.05, 3.63) is 60.2 Å². The first-order valence-electron chi connectivity index (χ1n) is 9.45. The van der Waals surface area contributed by atoms with Gasteiger partial charge in [0.05, 0.1) is 12.8 Å². The molecule has 1 saturated carbocycles. The van der Waals surface area contributed by atoms with Crippen LogP contribution in [0.3, 0.4) is 0 Å². The van der Waals surface area contributed by atoms with Gasteiger partial charge in [0.25, 0.3) is 5.91 Å². The number of carbonyl (C=O) groups is 1. The first-order chi connectivity index (χ1) is 13.3. The third kappa shape index (κ3) is 5.58. The number of carbonyl (C=O) groups excluding carboxylic acids is 1. The highest BCUT2D eigenvalue weighted by molar-refractivity contribution is 6.02. The summed E-state index contributed by atoms with van der Waals surface area (Å²) in [6, 6.07) is 17.2. The van der Waals surface area contributed by atoms with Crippen LogP contribution in [0.1, 0.15) is 37.7 Å². The van der Waals surface area contributed by atoms with E-state index in [0.717, 1.165) is 29.9 Å². The third-order valence-electron chi connectivity index (χ3n) is 4.79. The van der Waals surface area contributed by atoms with Gasteiger partial charge in [0, 0.05) is 5.92 Å². The molecule has 0 heterocycles. The fourth-order valence-corrected chi connectivity index (χ4v) is 3.35. The largest absolute Gasteiger partial charge is 0.497 e. The number of methoxy groups -OCH3 is 1. The summed E-state index contributed by atoms with van der Waals surface area (Å²) in [4.78, 5) is 12.2. The van der Waals surface area contributed by atoms with E-state index < -0.39 is 0 Å². The summed E-state index contributed by atoms with van der Waals surface area (Å²) in [5, 5.41) is 4.47. The number of hydrazone groups is 1. The lowest BCUT2D eigenvalue weighted by Gasteiger charge is -2.23. The number of ether oxygens (including phenoxy) is 2. The van der Waals surface area contributed by atoms with Gasteiger partial charge in [-0.1, -0.05) is 49.6 Å². The minimum absolute atomic E-state index is 0.0808. The molecular weight excluding hydrogens is 340 g/mol. The number of amides is 1. The molecule has 5 heteroatoms. The molecule has 1 N–H and O–H groups in total. The van der Waals surface area contributed by atoms with Crippen LogP contribution < -0.4 is 14.9 Å². The Balaban J connectivity index is 1.61. The summed E-state index contributed by atoms with van der Waals surface area (Å²) in [7, 11) is 1.61. The van der Waals surface area contributed by atoms with E-state index in [0.29, 0.717) is 11.7 Å². The molecule has 0 atom stereocenters. The minimum Gasteiger partial charge on any atom is -0.497 e. The Labute approximate surface area is 160 Å². The zero-order valence-electron chi connectivity index (χ0n) is 15.7. The predicted octanol–water partition coefficient (Wildman–Crippen LogP) is 4.17. The summed E-state index contributed by atoms with van der Waals surface area (Å²) in [5.41, 5.74) is 4.71. The Morgan fingerprint density at radius 3 is 2.33 bits per heavy atom. The second-order valence-electron chi connectivity index (χ2n) is 6.70. The molecule has 1 aliphatic carbocycles. The van der Waals surface area contributed by atoms with Gasteiger partial charge in [0.2, 0.25) is 0 Å². The lowest BCUT2D eigenvalue weighted by Crippen LogP contribution is -2.28. The summed E-state index contributed by atoms with van der Waals surface area (Å²) in [6.07, 6.45) is 5.94. The highest BCUT2D eigenvalue weighted by atomic mass is 16.5. The van der Waals surface area contributed by atoms with E-state index in [1.807, 2.05) is 30.3 Å². The van der Waals surface area contributed by atoms with Gasteiger partial charge in [-0.25, -0.2) is 5.43 Å². The van der Waals surface area contributed by atoms with Gasteiger partial charge in [-0.05, 0) is 42.7 Å². The number of nitrogens with one attached hydrogen (secondary N) is 1. The Kier molecular flexibility index (Phi) is 6.85. The fraction of sp³-hybridized carbons (Fsp3) is 0.364. The van der Waals surface area contributed by atoms with Crippen molar-refractivity contribution in [2.45, 2.75) is 32.1 Å². The number of rotatable bonds is 7. The van der Waals surface area contributed by atoms with E-state index in [4.69, 9.17) is 9.47 Å². The molecule has 3 rings (SSSR count). The first kappa shape index (κ1) is 19.0. The SMILES string of the molecule is COc1ccc(OCC(=O)N/N=C(\c2ccccc2)C2CCCCC2)cc1. The highest BCUT2D eigenvalue weighted by Gasteiger charge is 2.21. The zero-order valence-corrected chi connectivity index (χ0v) is 15.7. The molecule has 0 saturated heterocycles. The summed E-state index contributed by atoms with van der Waals surface area (Å²) < 4.78 is 10.6. The summed E-state index contributed by atoms with van der Waals surface area (Å²) in [6.45, 7) is -0.0808. The molecule has 1 amide bonds. The van der Waals surface area contributed by atoms with Gasteiger partial charge < -0.3 is 9.47 Å². The fourth-order valence-electron chi connectivity index (χ4n) is 3.35. The number of benzene rings is 2. The van der Waals surface area contributed by atoms with Crippen LogP contribution in [0.25, 0.3) is 0 Å². The Hall–Kier alpha value is -2.82. The quantitative estimate of drug-likeness (QED) is 0.591. The van der Waals surface area contributed by atoms with Crippen LogP contribution in [0.4, 0.5) is 0 Å². The smallest absolute Gasteiger partial charge is 0.277 e. The highest BCUT2D eigenvalue weighted by Crippen LogP contribution is 2.27. The van der Waals surface area contributed by atoms with Crippen LogP contribution in [-0.2, 0) is 4.79 Å². The number of hydrogen-bond donors (Lipinski definition) is 1. The van der Waals surface area contributed by atoms with Crippen molar-refractivity contribution in [1.82, 2.24) is 5.43 Å². The Morgan fingerprint density at radius 1 is 1.00 bits per heavy atom. The maximum Gasteiger partial charge on any atom is 0.277 e. The normalized spacial score (nSPS) is 15.2. The Morgan fingerprint density at radius 2 is 1.67 bits per heavy atom. The monoisotopic (exact) mass is 366 g/mol. The number of nitrogens with zero attached hydrogens (tertiary/aromatic N) is 1. The second kappa shape index (κ2) is 9.76. The van der Waals surface area contributed by atoms with Crippen molar-refractivity contribution < 1.29 is 14.3 Å². The molecule has 5 nitrogen and oxygen atoms in total. The molecule has 1 fully saturated rings. The van der Waals surface area contributed by atoms with E-state index in [1.165, 1.54) is 19.3 Å². The van der Waals surface area contributed by atoms with Crippen molar-refractivity contribution >= 4 is 11.6 Å². The zero-order chi connectivity index (χ0) is 18.9. The van der Waals surface area contributed by atoms with Gasteiger partial charge >= 0.3 is 0 Å². The van der Waals surface area contributed by atoms with Crippen molar-refractivity contribution in [2.75, 3.05) is 13.7 Å². The molecule has 0 aromatic heterocycles. The standard InChI is InChI=1S/C22H26N2O3/c1-26-19-12-14-20(15-13-19)27-16-21(25)23-24-22(17-8-4-2-5-9-17)18-10-6-3-7-11-18/h2,4-5,8-9,12-15,18H,3,6-7,10-11,16H2,1H3,(H,23,25)/b24-22+. The summed E-state index contributed by atoms with van der Waals surface area (Å²) >= 11 is 0. The molecule has 2 aromatic carbocycles. The molecule has 2 aromatic rings. The van der Waals surface area contributed by atoms with Gasteiger partial charge in [-0.3, -0.25) is 4.79 Å². The van der Waals surface area contributed by atoms with Crippen LogP contribution in [-0.4, -0.2) is 25.3 Å². The van der Waals surface area contributed by atoms with E-state index in [1.54, 1.807) is 31.4 Å². The average Bonchev–Trinajstić information content (AvgIpc) is 2.74. The minimum atomic E-state index is -0.268. The lowest BCUT2D eigenvalue weighted by molar-refractivity contribution is -0.123. The maximum absolute atomic E-state index is 12.2. The van der Waals surface area contributed by atoms with Crippen LogP contribution in [0.15, 0.2) is 59.7 Å². The van der Waals surface area contributed by atoms with Gasteiger partial charge in [0.1, 0.15) is 11.5 Å². The molecule has 142 valence electrons. The van der Waals surface area contributed by atoms with Crippen LogP contribution >= 0.6 is 0 Å². The van der Waals surface area contributed by atoms with Crippen LogP contribution in [0.5, 0.6) is 11.5 Å². The van der Waals surface area contributed by atoms with E-state index in [-0.39, 0.29) is 12.5 Å². The van der Waals surface area contributed by atoms with Gasteiger partial charge in [-0.2, -0.15) is 5.10 Å². The molecule has 0 spiro atoms. The van der Waals surface area contributed by atoms with Crippen molar-refractivity contribution in [1.29, 1.82) is 0 Å². The van der Waals surface area contributed by atoms with Crippen molar-refractivity contribution in [3.8, 4) is 11.5 Å². The molecule has 0 aliphatic heterocycles. The van der Waals surface area contributed by atoms with Crippen molar-refractivity contribution in [2.24, 2.45) is 11.0 Å². The topological polar surface area (TPSA) is 59.9 Å². The van der Waals surface area contributed by atoms with Crippen LogP contribution in [0.2, 0.25) is 0 Å². The molecule has 27 heavy (non-hydrogen) atoms. The first-order valence-corrected chi connectivity index (χ1v) is 9.45. The second-order valence-corrected chi connectivity index (χ2v) is 6.70.